The fourth-order valence-corrected chi connectivity index (χ4v) is 3.78. The van der Waals surface area contributed by atoms with Gasteiger partial charge >= 0.3 is 6.11 Å². The topological polar surface area (TPSA) is 33.0 Å². The first-order valence-electron chi connectivity index (χ1n) is 9.40. The number of benzene rings is 2. The minimum Gasteiger partial charge on any atom is -0.429 e. The minimum atomic E-state index is -3.76. The summed E-state index contributed by atoms with van der Waals surface area (Å²) in [6.45, 7) is 2.19. The third-order valence-corrected chi connectivity index (χ3v) is 5.52. The molecule has 0 saturated heterocycles. The zero-order chi connectivity index (χ0) is 20.3. The average Bonchev–Trinajstić information content (AvgIpc) is 2.67. The number of hydrogen-bond acceptors (Lipinski definition) is 2. The fourth-order valence-electron chi connectivity index (χ4n) is 3.78. The molecule has 0 atom stereocenters. The van der Waals surface area contributed by atoms with Crippen molar-refractivity contribution in [3.63, 3.8) is 0 Å². The molecule has 1 aliphatic carbocycles. The van der Waals surface area contributed by atoms with Crippen LogP contribution in [0.15, 0.2) is 36.4 Å². The molecule has 0 N–H and O–H groups in total. The van der Waals surface area contributed by atoms with Crippen LogP contribution < -0.4 is 4.74 Å². The average molecular weight is 391 g/mol. The second-order valence-corrected chi connectivity index (χ2v) is 7.24. The monoisotopic (exact) mass is 391 g/mol. The lowest BCUT2D eigenvalue weighted by molar-refractivity contribution is -0.185. The van der Waals surface area contributed by atoms with Crippen LogP contribution in [0.5, 0.6) is 5.75 Å². The number of rotatable bonds is 5. The maximum Gasteiger partial charge on any atom is 0.426 e. The van der Waals surface area contributed by atoms with E-state index in [1.54, 1.807) is 12.1 Å². The highest BCUT2D eigenvalue weighted by Gasteiger charge is 2.35. The summed E-state index contributed by atoms with van der Waals surface area (Å²) in [6.07, 6.45) is 1.82. The van der Waals surface area contributed by atoms with Gasteiger partial charge in [0.1, 0.15) is 29.0 Å². The smallest absolute Gasteiger partial charge is 0.426 e. The van der Waals surface area contributed by atoms with Crippen LogP contribution in [0, 0.1) is 28.9 Å². The van der Waals surface area contributed by atoms with E-state index in [1.807, 2.05) is 0 Å². The summed E-state index contributed by atoms with van der Waals surface area (Å²) in [6, 6.07) is 8.41. The number of nitriles is 1. The van der Waals surface area contributed by atoms with E-state index in [1.165, 1.54) is 24.6 Å². The van der Waals surface area contributed by atoms with Crippen LogP contribution in [0.1, 0.15) is 61.6 Å². The molecule has 3 rings (SSSR count). The van der Waals surface area contributed by atoms with Gasteiger partial charge in [0.05, 0.1) is 5.56 Å². The normalized spacial score (nSPS) is 19.9. The molecule has 0 spiro atoms. The lowest BCUT2D eigenvalue weighted by Gasteiger charge is -2.28. The molecule has 0 unspecified atom stereocenters. The third kappa shape index (κ3) is 4.30. The number of halogens is 4. The van der Waals surface area contributed by atoms with Gasteiger partial charge in [-0.2, -0.15) is 14.0 Å². The summed E-state index contributed by atoms with van der Waals surface area (Å²) in [5.74, 6) is -2.05. The predicted molar refractivity (Wildman–Crippen MR) is 97.0 cm³/mol. The van der Waals surface area contributed by atoms with Gasteiger partial charge in [0.25, 0.3) is 0 Å². The molecular weight excluding hydrogens is 370 g/mol. The summed E-state index contributed by atoms with van der Waals surface area (Å²) in [7, 11) is 0. The van der Waals surface area contributed by atoms with Crippen molar-refractivity contribution in [3.8, 4) is 11.8 Å². The molecule has 1 fully saturated rings. The highest BCUT2D eigenvalue weighted by Crippen LogP contribution is 2.38. The Morgan fingerprint density at radius 2 is 1.61 bits per heavy atom. The van der Waals surface area contributed by atoms with Gasteiger partial charge in [-0.15, -0.1) is 0 Å². The predicted octanol–water partition coefficient (Wildman–Crippen LogP) is 6.65. The fraction of sp³-hybridized carbons (Fsp3) is 0.409. The van der Waals surface area contributed by atoms with Gasteiger partial charge in [0.2, 0.25) is 0 Å². The van der Waals surface area contributed by atoms with E-state index in [4.69, 9.17) is 5.26 Å². The molecule has 1 saturated carbocycles. The molecule has 28 heavy (non-hydrogen) atoms. The number of ether oxygens (including phenoxy) is 1. The molecule has 1 aliphatic rings. The summed E-state index contributed by atoms with van der Waals surface area (Å²) >= 11 is 0. The van der Waals surface area contributed by atoms with Gasteiger partial charge < -0.3 is 4.74 Å². The zero-order valence-corrected chi connectivity index (χ0v) is 15.5. The van der Waals surface area contributed by atoms with Crippen molar-refractivity contribution in [2.75, 3.05) is 0 Å². The van der Waals surface area contributed by atoms with Crippen LogP contribution >= 0.6 is 0 Å². The summed E-state index contributed by atoms with van der Waals surface area (Å²) < 4.78 is 60.6. The zero-order valence-electron chi connectivity index (χ0n) is 15.5. The maximum atomic E-state index is 14.4. The van der Waals surface area contributed by atoms with Crippen molar-refractivity contribution >= 4 is 0 Å². The summed E-state index contributed by atoms with van der Waals surface area (Å²) in [5, 5.41) is 8.64. The van der Waals surface area contributed by atoms with Gasteiger partial charge in [0.15, 0.2) is 0 Å². The SMILES string of the molecule is CCC1CCC(c2ccc(C(F)(F)Oc3cc(F)c(C#N)c(F)c3)cc2)CC1. The molecule has 148 valence electrons. The Bertz CT molecular complexity index is 842. The highest BCUT2D eigenvalue weighted by atomic mass is 19.3. The molecule has 0 radical (unpaired) electrons. The van der Waals surface area contributed by atoms with Crippen LogP contribution in [-0.4, -0.2) is 0 Å². The molecule has 6 heteroatoms. The molecule has 2 aromatic carbocycles. The Morgan fingerprint density at radius 1 is 1.04 bits per heavy atom. The van der Waals surface area contributed by atoms with E-state index in [0.29, 0.717) is 18.1 Å². The van der Waals surface area contributed by atoms with E-state index in [-0.39, 0.29) is 0 Å². The maximum absolute atomic E-state index is 14.4. The highest BCUT2D eigenvalue weighted by molar-refractivity contribution is 5.38. The van der Waals surface area contributed by atoms with Crippen molar-refractivity contribution in [3.05, 3.63) is 64.7 Å². The quantitative estimate of drug-likeness (QED) is 0.535. The lowest BCUT2D eigenvalue weighted by Crippen LogP contribution is -2.22. The van der Waals surface area contributed by atoms with Gasteiger partial charge in [-0.25, -0.2) is 8.78 Å². The number of alkyl halides is 2. The number of nitrogens with zero attached hydrogens (tertiary/aromatic N) is 1. The van der Waals surface area contributed by atoms with E-state index < -0.39 is 34.6 Å². The second kappa shape index (κ2) is 8.22. The van der Waals surface area contributed by atoms with Crippen molar-refractivity contribution in [1.82, 2.24) is 0 Å². The molecule has 0 amide bonds. The molecule has 0 aromatic heterocycles. The lowest BCUT2D eigenvalue weighted by atomic mass is 9.78. The molecule has 0 heterocycles. The molecule has 0 bridgehead atoms. The number of hydrogen-bond donors (Lipinski definition) is 0. The molecular formula is C22H21F4NO. The van der Waals surface area contributed by atoms with Crippen molar-refractivity contribution in [2.45, 2.75) is 51.1 Å². The first-order valence-corrected chi connectivity index (χ1v) is 9.40. The van der Waals surface area contributed by atoms with E-state index >= 15 is 0 Å². The molecule has 2 aromatic rings. The van der Waals surface area contributed by atoms with Crippen molar-refractivity contribution < 1.29 is 22.3 Å². The van der Waals surface area contributed by atoms with Crippen LogP contribution in [0.3, 0.4) is 0 Å². The summed E-state index contributed by atoms with van der Waals surface area (Å²) in [4.78, 5) is 0. The van der Waals surface area contributed by atoms with Gasteiger partial charge in [0, 0.05) is 12.1 Å². The van der Waals surface area contributed by atoms with E-state index in [9.17, 15) is 17.6 Å². The van der Waals surface area contributed by atoms with Crippen LogP contribution in [0.25, 0.3) is 0 Å². The second-order valence-electron chi connectivity index (χ2n) is 7.24. The van der Waals surface area contributed by atoms with Crippen molar-refractivity contribution in [2.24, 2.45) is 5.92 Å². The minimum absolute atomic E-state index is 0.369. The first-order chi connectivity index (χ1) is 13.3. The van der Waals surface area contributed by atoms with Crippen LogP contribution in [-0.2, 0) is 6.11 Å². The Hall–Kier alpha value is -2.55. The van der Waals surface area contributed by atoms with Crippen molar-refractivity contribution in [1.29, 1.82) is 5.26 Å². The Morgan fingerprint density at radius 3 is 2.11 bits per heavy atom. The van der Waals surface area contributed by atoms with Gasteiger partial charge in [-0.3, -0.25) is 0 Å². The van der Waals surface area contributed by atoms with Gasteiger partial charge in [-0.05, 0) is 55.2 Å². The van der Waals surface area contributed by atoms with E-state index in [2.05, 4.69) is 11.7 Å². The Kier molecular flexibility index (Phi) is 5.93. The Labute approximate surface area is 161 Å². The largest absolute Gasteiger partial charge is 0.429 e. The van der Waals surface area contributed by atoms with Crippen LogP contribution in [0.2, 0.25) is 0 Å². The van der Waals surface area contributed by atoms with E-state index in [0.717, 1.165) is 37.2 Å². The van der Waals surface area contributed by atoms with Crippen LogP contribution in [0.4, 0.5) is 17.6 Å². The Balaban J connectivity index is 1.73. The standard InChI is InChI=1S/C22H21F4NO/c1-2-14-3-5-15(6-4-14)16-7-9-17(10-8-16)22(25,26)28-18-11-20(23)19(13-27)21(24)12-18/h7-12,14-15H,2-6H2,1H3. The molecule has 0 aliphatic heterocycles. The summed E-state index contributed by atoms with van der Waals surface area (Å²) in [5.41, 5.74) is -0.217. The first kappa shape index (κ1) is 20.2. The third-order valence-electron chi connectivity index (χ3n) is 5.52. The van der Waals surface area contributed by atoms with Gasteiger partial charge in [-0.1, -0.05) is 25.5 Å². The molecule has 2 nitrogen and oxygen atoms in total.